The van der Waals surface area contributed by atoms with Gasteiger partial charge in [-0.2, -0.15) is 0 Å². The van der Waals surface area contributed by atoms with Gasteiger partial charge in [0.25, 0.3) is 0 Å². The maximum Gasteiger partial charge on any atom is 0.152 e. The molecule has 0 saturated carbocycles. The third-order valence-electron chi connectivity index (χ3n) is 5.42. The monoisotopic (exact) mass is 366 g/mol. The molecule has 0 spiro atoms. The van der Waals surface area contributed by atoms with Crippen molar-refractivity contribution in [3.05, 3.63) is 59.7 Å². The van der Waals surface area contributed by atoms with Gasteiger partial charge in [0.05, 0.1) is 6.54 Å². The molecular weight excluding hydrogens is 340 g/mol. The molecule has 1 fully saturated rings. The zero-order chi connectivity index (χ0) is 18.8. The number of likely N-dealkylation sites (tertiary alicyclic amines) is 1. The smallest absolute Gasteiger partial charge is 0.152 e. The van der Waals surface area contributed by atoms with Crippen molar-refractivity contribution in [2.24, 2.45) is 7.05 Å². The third kappa shape index (κ3) is 3.88. The quantitative estimate of drug-likeness (QED) is 0.751. The van der Waals surface area contributed by atoms with Crippen molar-refractivity contribution >= 4 is 0 Å². The molecule has 0 aliphatic carbocycles. The highest BCUT2D eigenvalue weighted by atomic mass is 16.3. The van der Waals surface area contributed by atoms with E-state index in [0.717, 1.165) is 55.5 Å². The van der Waals surface area contributed by atoms with Gasteiger partial charge < -0.3 is 14.2 Å². The summed E-state index contributed by atoms with van der Waals surface area (Å²) in [5.74, 6) is 3.70. The van der Waals surface area contributed by atoms with E-state index in [4.69, 9.17) is 0 Å². The summed E-state index contributed by atoms with van der Waals surface area (Å²) in [6.07, 6.45) is 6.06. The van der Waals surface area contributed by atoms with Crippen LogP contribution in [0.5, 0.6) is 5.75 Å². The molecule has 1 atom stereocenters. The van der Waals surface area contributed by atoms with Crippen LogP contribution in [0.4, 0.5) is 0 Å². The molecule has 4 rings (SSSR count). The highest BCUT2D eigenvalue weighted by molar-refractivity contribution is 5.27. The van der Waals surface area contributed by atoms with E-state index in [-0.39, 0.29) is 0 Å². The van der Waals surface area contributed by atoms with Crippen LogP contribution in [0.2, 0.25) is 0 Å². The van der Waals surface area contributed by atoms with Crippen LogP contribution in [0.25, 0.3) is 0 Å². The van der Waals surface area contributed by atoms with Gasteiger partial charge in [-0.15, -0.1) is 10.2 Å². The fourth-order valence-corrected chi connectivity index (χ4v) is 3.91. The molecule has 0 bridgehead atoms. The fraction of sp³-hybridized carbons (Fsp3) is 0.450. The number of piperidine rings is 1. The van der Waals surface area contributed by atoms with Crippen molar-refractivity contribution in [3.63, 3.8) is 0 Å². The first kappa shape index (κ1) is 17.7. The number of rotatable bonds is 5. The largest absolute Gasteiger partial charge is 0.508 e. The van der Waals surface area contributed by atoms with E-state index in [9.17, 15) is 5.11 Å². The molecular formula is C20H26N6O. The van der Waals surface area contributed by atoms with Crippen molar-refractivity contribution < 1.29 is 5.11 Å². The highest BCUT2D eigenvalue weighted by Crippen LogP contribution is 2.27. The van der Waals surface area contributed by atoms with Crippen molar-refractivity contribution in [3.8, 4) is 5.75 Å². The molecule has 7 nitrogen and oxygen atoms in total. The fourth-order valence-electron chi connectivity index (χ4n) is 3.91. The van der Waals surface area contributed by atoms with Crippen LogP contribution in [-0.2, 0) is 20.1 Å². The molecule has 27 heavy (non-hydrogen) atoms. The minimum absolute atomic E-state index is 0.328. The molecule has 1 aliphatic rings. The molecule has 3 aromatic rings. The topological polar surface area (TPSA) is 72.0 Å². The molecule has 2 aromatic heterocycles. The first-order valence-electron chi connectivity index (χ1n) is 9.46. The number of aromatic hydroxyl groups is 1. The Morgan fingerprint density at radius 2 is 2.11 bits per heavy atom. The number of aryl methyl sites for hydroxylation is 1. The molecule has 1 N–H and O–H groups in total. The van der Waals surface area contributed by atoms with E-state index in [2.05, 4.69) is 42.3 Å². The summed E-state index contributed by atoms with van der Waals surface area (Å²) in [7, 11) is 2.06. The number of phenolic OH excluding ortho intramolecular Hbond substituents is 1. The Hall–Kier alpha value is -2.67. The van der Waals surface area contributed by atoms with E-state index < -0.39 is 0 Å². The van der Waals surface area contributed by atoms with Crippen LogP contribution in [0.1, 0.15) is 41.8 Å². The Labute approximate surface area is 159 Å². The summed E-state index contributed by atoms with van der Waals surface area (Å²) in [5, 5.41) is 18.6. The van der Waals surface area contributed by atoms with Crippen molar-refractivity contribution in [2.45, 2.75) is 38.8 Å². The zero-order valence-electron chi connectivity index (χ0n) is 15.9. The lowest BCUT2D eigenvalue weighted by atomic mass is 9.96. The number of benzene rings is 1. The number of aromatic nitrogens is 5. The van der Waals surface area contributed by atoms with Gasteiger partial charge in [0.2, 0.25) is 0 Å². The first-order chi connectivity index (χ1) is 13.1. The van der Waals surface area contributed by atoms with E-state index in [1.165, 1.54) is 0 Å². The molecule has 1 aliphatic heterocycles. The predicted molar refractivity (Wildman–Crippen MR) is 102 cm³/mol. The van der Waals surface area contributed by atoms with Crippen molar-refractivity contribution in [1.29, 1.82) is 0 Å². The summed E-state index contributed by atoms with van der Waals surface area (Å²) < 4.78 is 4.23. The minimum atomic E-state index is 0.328. The van der Waals surface area contributed by atoms with Crippen LogP contribution >= 0.6 is 0 Å². The summed E-state index contributed by atoms with van der Waals surface area (Å²) >= 11 is 0. The van der Waals surface area contributed by atoms with Gasteiger partial charge in [-0.3, -0.25) is 4.90 Å². The van der Waals surface area contributed by atoms with E-state index in [1.54, 1.807) is 6.07 Å². The molecule has 0 amide bonds. The Morgan fingerprint density at radius 1 is 1.22 bits per heavy atom. The Bertz CT molecular complexity index is 915. The maximum absolute atomic E-state index is 9.69. The minimum Gasteiger partial charge on any atom is -0.508 e. The molecule has 7 heteroatoms. The van der Waals surface area contributed by atoms with E-state index >= 15 is 0 Å². The summed E-state index contributed by atoms with van der Waals surface area (Å²) in [5.41, 5.74) is 1.14. The number of imidazole rings is 1. The number of hydrogen-bond acceptors (Lipinski definition) is 5. The average Bonchev–Trinajstić information content (AvgIpc) is 3.22. The second-order valence-corrected chi connectivity index (χ2v) is 7.38. The lowest BCUT2D eigenvalue weighted by Crippen LogP contribution is -2.34. The van der Waals surface area contributed by atoms with Crippen LogP contribution in [0, 0.1) is 6.92 Å². The summed E-state index contributed by atoms with van der Waals surface area (Å²) in [4.78, 5) is 6.72. The number of phenols is 1. The van der Waals surface area contributed by atoms with E-state index in [0.29, 0.717) is 18.2 Å². The highest BCUT2D eigenvalue weighted by Gasteiger charge is 2.26. The van der Waals surface area contributed by atoms with Crippen molar-refractivity contribution in [1.82, 2.24) is 29.2 Å². The first-order valence-corrected chi connectivity index (χ1v) is 9.46. The Morgan fingerprint density at radius 3 is 2.89 bits per heavy atom. The maximum atomic E-state index is 9.69. The van der Waals surface area contributed by atoms with Gasteiger partial charge in [0.1, 0.15) is 17.4 Å². The standard InChI is InChI=1S/C20H26N6O/c1-15-21-8-10-26(15)14-19-22-23-20(24(19)2)17-6-4-9-25(13-17)12-16-5-3-7-18(27)11-16/h3,5,7-8,10-11,17,27H,4,6,9,12-14H2,1-2H3/t17-/m1/s1. The van der Waals surface area contributed by atoms with Gasteiger partial charge in [-0.25, -0.2) is 4.98 Å². The summed E-state index contributed by atoms with van der Waals surface area (Å²) in [6.45, 7) is 5.58. The van der Waals surface area contributed by atoms with Gasteiger partial charge >= 0.3 is 0 Å². The SMILES string of the molecule is Cc1nccn1Cc1nnc([C@@H]2CCCN(Cc3cccc(O)c3)C2)n1C. The van der Waals surface area contributed by atoms with Crippen LogP contribution in [-0.4, -0.2) is 47.4 Å². The Kier molecular flexibility index (Phi) is 4.94. The number of hydrogen-bond donors (Lipinski definition) is 1. The predicted octanol–water partition coefficient (Wildman–Crippen LogP) is 2.45. The van der Waals surface area contributed by atoms with Crippen LogP contribution in [0.15, 0.2) is 36.7 Å². The summed E-state index contributed by atoms with van der Waals surface area (Å²) in [6, 6.07) is 7.53. The molecule has 142 valence electrons. The molecule has 0 radical (unpaired) electrons. The zero-order valence-corrected chi connectivity index (χ0v) is 15.9. The lowest BCUT2D eigenvalue weighted by molar-refractivity contribution is 0.195. The molecule has 1 saturated heterocycles. The average molecular weight is 366 g/mol. The van der Waals surface area contributed by atoms with Crippen LogP contribution < -0.4 is 0 Å². The normalized spacial score (nSPS) is 18.1. The number of nitrogens with zero attached hydrogens (tertiary/aromatic N) is 6. The second kappa shape index (κ2) is 7.52. The van der Waals surface area contributed by atoms with Gasteiger partial charge in [-0.05, 0) is 44.0 Å². The van der Waals surface area contributed by atoms with Gasteiger partial charge in [-0.1, -0.05) is 12.1 Å². The lowest BCUT2D eigenvalue weighted by Gasteiger charge is -2.32. The van der Waals surface area contributed by atoms with Gasteiger partial charge in [0, 0.05) is 38.4 Å². The van der Waals surface area contributed by atoms with Crippen LogP contribution in [0.3, 0.4) is 0 Å². The molecule has 0 unspecified atom stereocenters. The third-order valence-corrected chi connectivity index (χ3v) is 5.42. The van der Waals surface area contributed by atoms with E-state index in [1.807, 2.05) is 31.5 Å². The van der Waals surface area contributed by atoms with Gasteiger partial charge in [0.15, 0.2) is 5.82 Å². The van der Waals surface area contributed by atoms with Crippen molar-refractivity contribution in [2.75, 3.05) is 13.1 Å². The molecule has 1 aromatic carbocycles. The Balaban J connectivity index is 1.46. The molecule has 3 heterocycles. The second-order valence-electron chi connectivity index (χ2n) is 7.38.